The maximum Gasteiger partial charge on any atom is 0.418 e. The van der Waals surface area contributed by atoms with E-state index in [9.17, 15) is 18.0 Å². The lowest BCUT2D eigenvalue weighted by Gasteiger charge is -2.36. The van der Waals surface area contributed by atoms with E-state index in [2.05, 4.69) is 20.9 Å². The molecule has 1 amide bonds. The van der Waals surface area contributed by atoms with Crippen LogP contribution in [-0.2, 0) is 12.0 Å². The van der Waals surface area contributed by atoms with Gasteiger partial charge in [0, 0.05) is 22.0 Å². The number of nitrogens with zero attached hydrogens (tertiary/aromatic N) is 1. The molecule has 0 saturated carbocycles. The topological polar surface area (TPSA) is 81.5 Å². The summed E-state index contributed by atoms with van der Waals surface area (Å²) in [4.78, 5) is 15.2. The van der Waals surface area contributed by atoms with Crippen LogP contribution in [0, 0.1) is 0 Å². The fourth-order valence-electron chi connectivity index (χ4n) is 2.96. The van der Waals surface area contributed by atoms with Crippen molar-refractivity contribution in [2.24, 2.45) is 16.5 Å². The lowest BCUT2D eigenvalue weighted by atomic mass is 9.79. The molecule has 8 heteroatoms. The molecular weight excluding hydrogens is 399 g/mol. The van der Waals surface area contributed by atoms with E-state index in [1.54, 1.807) is 6.07 Å². The zero-order valence-corrected chi connectivity index (χ0v) is 14.4. The van der Waals surface area contributed by atoms with E-state index in [4.69, 9.17) is 11.5 Å². The van der Waals surface area contributed by atoms with Crippen LogP contribution in [0.25, 0.3) is 0 Å². The smallest absolute Gasteiger partial charge is 0.383 e. The first-order valence-corrected chi connectivity index (χ1v) is 8.04. The van der Waals surface area contributed by atoms with Crippen LogP contribution < -0.4 is 11.5 Å². The summed E-state index contributed by atoms with van der Waals surface area (Å²) in [5, 5.41) is 0. The molecule has 130 valence electrons. The third kappa shape index (κ3) is 2.90. The van der Waals surface area contributed by atoms with Crippen molar-refractivity contribution in [2.75, 3.05) is 0 Å². The largest absolute Gasteiger partial charge is 0.418 e. The summed E-state index contributed by atoms with van der Waals surface area (Å²) >= 11 is 3.19. The fraction of sp³-hybridized carbons (Fsp3) is 0.176. The maximum atomic E-state index is 14.1. The van der Waals surface area contributed by atoms with Crippen LogP contribution in [0.3, 0.4) is 0 Å². The molecule has 4 N–H and O–H groups in total. The number of carbonyl (C=O) groups excluding carboxylic acids is 1. The van der Waals surface area contributed by atoms with Gasteiger partial charge in [-0.25, -0.2) is 4.99 Å². The lowest BCUT2D eigenvalue weighted by molar-refractivity contribution is -0.189. The number of carbonyl (C=O) groups is 1. The van der Waals surface area contributed by atoms with Crippen molar-refractivity contribution in [2.45, 2.75) is 18.1 Å². The molecule has 1 atom stereocenters. The number of amidine groups is 1. The summed E-state index contributed by atoms with van der Waals surface area (Å²) < 4.78 is 42.7. The second-order valence-electron chi connectivity index (χ2n) is 5.78. The van der Waals surface area contributed by atoms with Gasteiger partial charge in [-0.05, 0) is 35.4 Å². The SMILES string of the molecule is NC(=O)c1ccc2c(c1)CC(c1cccc(Br)c1)(C(F)(F)F)N=C2N. The van der Waals surface area contributed by atoms with Gasteiger partial charge in [0.1, 0.15) is 5.84 Å². The highest BCUT2D eigenvalue weighted by Gasteiger charge is 2.58. The Kier molecular flexibility index (Phi) is 4.10. The monoisotopic (exact) mass is 411 g/mol. The standard InChI is InChI=1S/C17H13BrF3N3O/c18-12-3-1-2-11(7-12)16(17(19,20)21)8-10-6-9(15(23)25)4-5-13(10)14(22)24-16/h1-7H,8H2,(H2,22,24)(H2,23,25). The van der Waals surface area contributed by atoms with Crippen LogP contribution in [0.15, 0.2) is 51.9 Å². The average Bonchev–Trinajstić information content (AvgIpc) is 2.53. The van der Waals surface area contributed by atoms with Crippen LogP contribution >= 0.6 is 15.9 Å². The molecule has 0 bridgehead atoms. The van der Waals surface area contributed by atoms with Gasteiger partial charge in [-0.1, -0.05) is 34.1 Å². The van der Waals surface area contributed by atoms with Crippen molar-refractivity contribution in [3.63, 3.8) is 0 Å². The van der Waals surface area contributed by atoms with Gasteiger partial charge in [0.25, 0.3) is 0 Å². The number of amides is 1. The molecule has 0 aromatic heterocycles. The minimum absolute atomic E-state index is 0.0348. The molecule has 1 aliphatic rings. The quantitative estimate of drug-likeness (QED) is 0.794. The molecule has 4 nitrogen and oxygen atoms in total. The Hall–Kier alpha value is -2.35. The molecule has 0 aliphatic carbocycles. The van der Waals surface area contributed by atoms with Crippen LogP contribution in [0.5, 0.6) is 0 Å². The predicted octanol–water partition coefficient (Wildman–Crippen LogP) is 3.27. The van der Waals surface area contributed by atoms with Crippen LogP contribution in [0.2, 0.25) is 0 Å². The van der Waals surface area contributed by atoms with Gasteiger partial charge in [0.05, 0.1) is 0 Å². The third-order valence-electron chi connectivity index (χ3n) is 4.19. The normalized spacial score (nSPS) is 19.9. The molecule has 0 spiro atoms. The lowest BCUT2D eigenvalue weighted by Crippen LogP contribution is -2.47. The molecule has 0 saturated heterocycles. The highest BCUT2D eigenvalue weighted by Crippen LogP contribution is 2.47. The molecule has 2 aromatic rings. The molecule has 1 unspecified atom stereocenters. The minimum Gasteiger partial charge on any atom is -0.383 e. The Balaban J connectivity index is 2.24. The van der Waals surface area contributed by atoms with Crippen molar-refractivity contribution in [3.05, 3.63) is 69.2 Å². The molecule has 3 rings (SSSR count). The summed E-state index contributed by atoms with van der Waals surface area (Å²) in [6.07, 6.45) is -5.15. The van der Waals surface area contributed by atoms with Crippen LogP contribution in [0.1, 0.15) is 27.0 Å². The van der Waals surface area contributed by atoms with E-state index < -0.39 is 24.0 Å². The molecule has 25 heavy (non-hydrogen) atoms. The molecule has 2 aromatic carbocycles. The molecular formula is C17H13BrF3N3O. The highest BCUT2D eigenvalue weighted by molar-refractivity contribution is 9.10. The number of aliphatic imine (C=N–C) groups is 1. The Morgan fingerprint density at radius 3 is 2.52 bits per heavy atom. The number of rotatable bonds is 2. The fourth-order valence-corrected chi connectivity index (χ4v) is 3.36. The Morgan fingerprint density at radius 2 is 1.92 bits per heavy atom. The first kappa shape index (κ1) is 17.5. The number of primary amides is 1. The number of benzene rings is 2. The van der Waals surface area contributed by atoms with Crippen molar-refractivity contribution in [1.82, 2.24) is 0 Å². The second-order valence-corrected chi connectivity index (χ2v) is 6.69. The number of hydrogen-bond acceptors (Lipinski definition) is 3. The van der Waals surface area contributed by atoms with E-state index in [-0.39, 0.29) is 22.5 Å². The Morgan fingerprint density at radius 1 is 1.20 bits per heavy atom. The number of fused-ring (bicyclic) bond motifs is 1. The Bertz CT molecular complexity index is 895. The van der Waals surface area contributed by atoms with Gasteiger partial charge in [-0.2, -0.15) is 13.2 Å². The molecule has 1 aliphatic heterocycles. The van der Waals surface area contributed by atoms with Crippen molar-refractivity contribution >= 4 is 27.7 Å². The number of halogens is 4. The summed E-state index contributed by atoms with van der Waals surface area (Å²) in [7, 11) is 0. The third-order valence-corrected chi connectivity index (χ3v) is 4.69. The van der Waals surface area contributed by atoms with Crippen molar-refractivity contribution in [3.8, 4) is 0 Å². The zero-order valence-electron chi connectivity index (χ0n) is 12.8. The maximum absolute atomic E-state index is 14.1. The van der Waals surface area contributed by atoms with E-state index in [1.165, 1.54) is 36.4 Å². The number of hydrogen-bond donors (Lipinski definition) is 2. The summed E-state index contributed by atoms with van der Waals surface area (Å²) in [5.41, 5.74) is 9.30. The summed E-state index contributed by atoms with van der Waals surface area (Å²) in [5.74, 6) is -0.946. The average molecular weight is 412 g/mol. The highest BCUT2D eigenvalue weighted by atomic mass is 79.9. The Labute approximate surface area is 149 Å². The molecule has 0 radical (unpaired) electrons. The number of alkyl halides is 3. The first-order valence-electron chi connectivity index (χ1n) is 7.25. The summed E-state index contributed by atoms with van der Waals surface area (Å²) in [6.45, 7) is 0. The molecule has 0 fully saturated rings. The summed E-state index contributed by atoms with van der Waals surface area (Å²) in [6, 6.07) is 10.1. The second kappa shape index (κ2) is 5.87. The van der Waals surface area contributed by atoms with Gasteiger partial charge in [0.2, 0.25) is 5.91 Å². The predicted molar refractivity (Wildman–Crippen MR) is 91.3 cm³/mol. The van der Waals surface area contributed by atoms with Crippen LogP contribution in [-0.4, -0.2) is 17.9 Å². The van der Waals surface area contributed by atoms with Crippen molar-refractivity contribution < 1.29 is 18.0 Å². The van der Waals surface area contributed by atoms with Gasteiger partial charge in [0.15, 0.2) is 5.54 Å². The van der Waals surface area contributed by atoms with Crippen LogP contribution in [0.4, 0.5) is 13.2 Å². The van der Waals surface area contributed by atoms with E-state index >= 15 is 0 Å². The van der Waals surface area contributed by atoms with E-state index in [0.717, 1.165) is 0 Å². The van der Waals surface area contributed by atoms with E-state index in [0.29, 0.717) is 10.0 Å². The number of nitrogens with two attached hydrogens (primary N) is 2. The van der Waals surface area contributed by atoms with Gasteiger partial charge >= 0.3 is 6.18 Å². The molecule has 1 heterocycles. The van der Waals surface area contributed by atoms with Gasteiger partial charge < -0.3 is 11.5 Å². The minimum atomic E-state index is -4.68. The zero-order chi connectivity index (χ0) is 18.4. The van der Waals surface area contributed by atoms with E-state index in [1.807, 2.05) is 0 Å². The van der Waals surface area contributed by atoms with Gasteiger partial charge in [-0.3, -0.25) is 4.79 Å². The first-order chi connectivity index (χ1) is 11.6. The van der Waals surface area contributed by atoms with Crippen molar-refractivity contribution in [1.29, 1.82) is 0 Å². The van der Waals surface area contributed by atoms with Gasteiger partial charge in [-0.15, -0.1) is 0 Å².